The smallest absolute Gasteiger partial charge is 0.163 e. The van der Waals surface area contributed by atoms with E-state index in [0.29, 0.717) is 0 Å². The summed E-state index contributed by atoms with van der Waals surface area (Å²) in [7, 11) is 0. The molecule has 0 saturated carbocycles. The lowest BCUT2D eigenvalue weighted by Gasteiger charge is -2.13. The second-order valence-electron chi connectivity index (χ2n) is 5.51. The van der Waals surface area contributed by atoms with Crippen molar-refractivity contribution in [3.63, 3.8) is 0 Å². The molecule has 0 aliphatic heterocycles. The van der Waals surface area contributed by atoms with Gasteiger partial charge in [0.1, 0.15) is 5.75 Å². The number of aromatic nitrogens is 1. The standard InChI is InChI=1S/C18H21NO2/c1-3-4-11-20-16-8-5-14(6-9-16)15-7-10-17-13(2)19-21-18(17)12-15/h5-6,8-9,12H,3-4,7,10-11H2,1-2H3. The van der Waals surface area contributed by atoms with Gasteiger partial charge < -0.3 is 9.26 Å². The Bertz CT molecular complexity index is 638. The van der Waals surface area contributed by atoms with Crippen molar-refractivity contribution in [3.05, 3.63) is 46.8 Å². The average molecular weight is 283 g/mol. The molecule has 1 aromatic carbocycles. The molecule has 0 saturated heterocycles. The Morgan fingerprint density at radius 3 is 2.76 bits per heavy atom. The molecule has 2 aromatic rings. The van der Waals surface area contributed by atoms with Crippen LogP contribution in [0, 0.1) is 6.92 Å². The lowest BCUT2D eigenvalue weighted by molar-refractivity contribution is 0.309. The van der Waals surface area contributed by atoms with Crippen molar-refractivity contribution < 1.29 is 9.26 Å². The summed E-state index contributed by atoms with van der Waals surface area (Å²) in [5, 5.41) is 4.04. The number of hydrogen-bond acceptors (Lipinski definition) is 3. The summed E-state index contributed by atoms with van der Waals surface area (Å²) < 4.78 is 11.1. The number of allylic oxidation sites excluding steroid dienone is 1. The van der Waals surface area contributed by atoms with Crippen molar-refractivity contribution in [3.8, 4) is 5.75 Å². The SMILES string of the molecule is CCCCOc1ccc(C2=Cc3onc(C)c3CC2)cc1. The van der Waals surface area contributed by atoms with E-state index in [-0.39, 0.29) is 0 Å². The lowest BCUT2D eigenvalue weighted by Crippen LogP contribution is -1.99. The summed E-state index contributed by atoms with van der Waals surface area (Å²) in [5.41, 5.74) is 4.80. The molecule has 1 aromatic heterocycles. The first kappa shape index (κ1) is 13.9. The Labute approximate surface area is 125 Å². The first-order chi connectivity index (χ1) is 10.3. The Morgan fingerprint density at radius 1 is 1.19 bits per heavy atom. The van der Waals surface area contributed by atoms with Crippen LogP contribution in [-0.4, -0.2) is 11.8 Å². The topological polar surface area (TPSA) is 35.3 Å². The molecule has 0 spiro atoms. The van der Waals surface area contributed by atoms with Gasteiger partial charge in [-0.25, -0.2) is 0 Å². The van der Waals surface area contributed by atoms with Gasteiger partial charge in [-0.05, 0) is 55.5 Å². The summed E-state index contributed by atoms with van der Waals surface area (Å²) >= 11 is 0. The molecule has 3 heteroatoms. The highest BCUT2D eigenvalue weighted by molar-refractivity contribution is 5.83. The number of nitrogens with zero attached hydrogens (tertiary/aromatic N) is 1. The number of benzene rings is 1. The van der Waals surface area contributed by atoms with Gasteiger partial charge >= 0.3 is 0 Å². The maximum absolute atomic E-state index is 5.70. The van der Waals surface area contributed by atoms with Crippen LogP contribution >= 0.6 is 0 Å². The van der Waals surface area contributed by atoms with Crippen molar-refractivity contribution in [1.29, 1.82) is 0 Å². The third-order valence-electron chi connectivity index (χ3n) is 3.96. The fourth-order valence-corrected chi connectivity index (χ4v) is 2.64. The highest BCUT2D eigenvalue weighted by Crippen LogP contribution is 2.32. The van der Waals surface area contributed by atoms with Gasteiger partial charge in [-0.1, -0.05) is 30.6 Å². The van der Waals surface area contributed by atoms with E-state index in [4.69, 9.17) is 9.26 Å². The Morgan fingerprint density at radius 2 is 2.00 bits per heavy atom. The molecular weight excluding hydrogens is 262 g/mol. The maximum Gasteiger partial charge on any atom is 0.163 e. The summed E-state index contributed by atoms with van der Waals surface area (Å²) in [4.78, 5) is 0. The van der Waals surface area contributed by atoms with E-state index in [0.717, 1.165) is 49.5 Å². The molecule has 0 radical (unpaired) electrons. The van der Waals surface area contributed by atoms with Crippen molar-refractivity contribution in [2.24, 2.45) is 0 Å². The van der Waals surface area contributed by atoms with Gasteiger partial charge in [0.15, 0.2) is 5.76 Å². The number of unbranched alkanes of at least 4 members (excludes halogenated alkanes) is 1. The van der Waals surface area contributed by atoms with Crippen molar-refractivity contribution in [2.45, 2.75) is 39.5 Å². The molecule has 1 heterocycles. The van der Waals surface area contributed by atoms with Gasteiger partial charge in [0.2, 0.25) is 0 Å². The zero-order valence-electron chi connectivity index (χ0n) is 12.7. The van der Waals surface area contributed by atoms with Gasteiger partial charge in [-0.3, -0.25) is 0 Å². The highest BCUT2D eigenvalue weighted by atomic mass is 16.5. The van der Waals surface area contributed by atoms with E-state index >= 15 is 0 Å². The van der Waals surface area contributed by atoms with E-state index in [1.807, 2.05) is 19.1 Å². The number of hydrogen-bond donors (Lipinski definition) is 0. The van der Waals surface area contributed by atoms with Gasteiger partial charge in [-0.15, -0.1) is 0 Å². The van der Waals surface area contributed by atoms with E-state index < -0.39 is 0 Å². The van der Waals surface area contributed by atoms with Crippen LogP contribution in [0.3, 0.4) is 0 Å². The summed E-state index contributed by atoms with van der Waals surface area (Å²) in [5.74, 6) is 1.86. The molecule has 0 bridgehead atoms. The van der Waals surface area contributed by atoms with Crippen LogP contribution in [0.25, 0.3) is 11.6 Å². The molecule has 0 unspecified atom stereocenters. The Balaban J connectivity index is 1.74. The second kappa shape index (κ2) is 6.17. The molecule has 0 N–H and O–H groups in total. The second-order valence-corrected chi connectivity index (χ2v) is 5.51. The van der Waals surface area contributed by atoms with Crippen molar-refractivity contribution in [1.82, 2.24) is 5.16 Å². The molecule has 21 heavy (non-hydrogen) atoms. The van der Waals surface area contributed by atoms with Crippen LogP contribution in [-0.2, 0) is 6.42 Å². The molecular formula is C18H21NO2. The fourth-order valence-electron chi connectivity index (χ4n) is 2.64. The summed E-state index contributed by atoms with van der Waals surface area (Å²) in [6.45, 7) is 4.96. The van der Waals surface area contributed by atoms with E-state index in [9.17, 15) is 0 Å². The normalized spacial score (nSPS) is 13.7. The number of aryl methyl sites for hydroxylation is 1. The predicted octanol–water partition coefficient (Wildman–Crippen LogP) is 4.65. The van der Waals surface area contributed by atoms with Gasteiger partial charge in [0.05, 0.1) is 12.3 Å². The minimum Gasteiger partial charge on any atom is -0.494 e. The first-order valence-electron chi connectivity index (χ1n) is 7.67. The Hall–Kier alpha value is -2.03. The maximum atomic E-state index is 5.70. The van der Waals surface area contributed by atoms with Crippen LogP contribution in [0.5, 0.6) is 5.75 Å². The minimum absolute atomic E-state index is 0.791. The quantitative estimate of drug-likeness (QED) is 0.749. The van der Waals surface area contributed by atoms with Gasteiger partial charge in [-0.2, -0.15) is 0 Å². The van der Waals surface area contributed by atoms with Crippen LogP contribution < -0.4 is 4.74 Å². The number of rotatable bonds is 5. The monoisotopic (exact) mass is 283 g/mol. The molecule has 0 fully saturated rings. The third-order valence-corrected chi connectivity index (χ3v) is 3.96. The van der Waals surface area contributed by atoms with E-state index in [1.165, 1.54) is 16.7 Å². The molecule has 1 aliphatic rings. The van der Waals surface area contributed by atoms with Crippen molar-refractivity contribution >= 4 is 11.6 Å². The molecule has 0 atom stereocenters. The predicted molar refractivity (Wildman–Crippen MR) is 84.3 cm³/mol. The third kappa shape index (κ3) is 3.02. The van der Waals surface area contributed by atoms with Crippen molar-refractivity contribution in [2.75, 3.05) is 6.61 Å². The zero-order valence-corrected chi connectivity index (χ0v) is 12.7. The highest BCUT2D eigenvalue weighted by Gasteiger charge is 2.18. The largest absolute Gasteiger partial charge is 0.494 e. The number of fused-ring (bicyclic) bond motifs is 1. The van der Waals surface area contributed by atoms with Crippen LogP contribution in [0.4, 0.5) is 0 Å². The Kier molecular flexibility index (Phi) is 4.09. The first-order valence-corrected chi connectivity index (χ1v) is 7.67. The average Bonchev–Trinajstić information content (AvgIpc) is 2.89. The van der Waals surface area contributed by atoms with E-state index in [2.05, 4.69) is 30.3 Å². The molecule has 110 valence electrons. The van der Waals surface area contributed by atoms with Crippen LogP contribution in [0.15, 0.2) is 28.8 Å². The van der Waals surface area contributed by atoms with Crippen LogP contribution in [0.1, 0.15) is 48.8 Å². The summed E-state index contributed by atoms with van der Waals surface area (Å²) in [6, 6.07) is 8.35. The molecule has 3 nitrogen and oxygen atoms in total. The lowest BCUT2D eigenvalue weighted by atomic mass is 9.92. The molecule has 0 amide bonds. The van der Waals surface area contributed by atoms with Gasteiger partial charge in [0, 0.05) is 5.56 Å². The molecule has 3 rings (SSSR count). The molecule has 1 aliphatic carbocycles. The van der Waals surface area contributed by atoms with E-state index in [1.54, 1.807) is 0 Å². The van der Waals surface area contributed by atoms with Crippen LogP contribution in [0.2, 0.25) is 0 Å². The summed E-state index contributed by atoms with van der Waals surface area (Å²) in [6.07, 6.45) is 6.41. The zero-order chi connectivity index (χ0) is 14.7. The van der Waals surface area contributed by atoms with Gasteiger partial charge in [0.25, 0.3) is 0 Å². The fraction of sp³-hybridized carbons (Fsp3) is 0.389. The number of ether oxygens (including phenoxy) is 1. The minimum atomic E-state index is 0.791.